The molecule has 268 valence electrons. The molecule has 0 aliphatic carbocycles. The van der Waals surface area contributed by atoms with E-state index in [1.54, 1.807) is 0 Å². The van der Waals surface area contributed by atoms with Crippen molar-refractivity contribution < 1.29 is 4.42 Å². The number of hydrogen-bond acceptors (Lipinski definition) is 3. The molecule has 0 saturated carbocycles. The molecule has 9 aromatic carbocycles. The van der Waals surface area contributed by atoms with Crippen LogP contribution in [-0.4, -0.2) is 0 Å². The third-order valence-corrected chi connectivity index (χ3v) is 12.2. The molecule has 0 bridgehead atoms. The summed E-state index contributed by atoms with van der Waals surface area (Å²) in [6.07, 6.45) is 0. The van der Waals surface area contributed by atoms with Crippen LogP contribution in [0, 0.1) is 0 Å². The van der Waals surface area contributed by atoms with Crippen molar-refractivity contribution >= 4 is 70.5 Å². The molecular formula is C54H35NOS. The lowest BCUT2D eigenvalue weighted by Crippen LogP contribution is -2.10. The van der Waals surface area contributed by atoms with E-state index in [-0.39, 0.29) is 0 Å². The number of para-hydroxylation sites is 1. The molecule has 2 heterocycles. The van der Waals surface area contributed by atoms with E-state index < -0.39 is 0 Å². The molecule has 3 heteroatoms. The van der Waals surface area contributed by atoms with Crippen LogP contribution in [0.2, 0.25) is 0 Å². The van der Waals surface area contributed by atoms with Crippen molar-refractivity contribution in [2.75, 3.05) is 4.90 Å². The molecule has 0 aliphatic rings. The van der Waals surface area contributed by atoms with Crippen molar-refractivity contribution in [1.29, 1.82) is 0 Å². The van der Waals surface area contributed by atoms with Crippen molar-refractivity contribution in [2.24, 2.45) is 0 Å². The van der Waals surface area contributed by atoms with Gasteiger partial charge in [0.25, 0.3) is 0 Å². The van der Waals surface area contributed by atoms with Gasteiger partial charge in [0.15, 0.2) is 0 Å². The maximum atomic E-state index is 6.82. The van der Waals surface area contributed by atoms with E-state index in [4.69, 9.17) is 4.42 Å². The van der Waals surface area contributed by atoms with Crippen LogP contribution in [0.4, 0.5) is 17.1 Å². The van der Waals surface area contributed by atoms with E-state index in [1.165, 1.54) is 42.4 Å². The lowest BCUT2D eigenvalue weighted by Gasteiger charge is -2.26. The van der Waals surface area contributed by atoms with Crippen LogP contribution in [0.25, 0.3) is 86.6 Å². The van der Waals surface area contributed by atoms with Gasteiger partial charge >= 0.3 is 0 Å². The number of anilines is 3. The Morgan fingerprint density at radius 1 is 0.316 bits per heavy atom. The van der Waals surface area contributed by atoms with Crippen LogP contribution in [0.3, 0.4) is 0 Å². The SMILES string of the molecule is c1ccc(-c2ccc(N(c3ccc(-c4ccccc4)cc3)c3cccc(-c4ccc(-c5cccc6c5oc5c6ccc6sc7ccccc7c65)cc4)c3)cc2)cc1. The molecule has 0 spiro atoms. The summed E-state index contributed by atoms with van der Waals surface area (Å²) in [5.41, 5.74) is 14.5. The predicted molar refractivity (Wildman–Crippen MR) is 243 cm³/mol. The number of hydrogen-bond donors (Lipinski definition) is 0. The second-order valence-corrected chi connectivity index (χ2v) is 15.6. The van der Waals surface area contributed by atoms with E-state index >= 15 is 0 Å². The van der Waals surface area contributed by atoms with Gasteiger partial charge in [-0.25, -0.2) is 0 Å². The van der Waals surface area contributed by atoms with Gasteiger partial charge < -0.3 is 9.32 Å². The fourth-order valence-corrected chi connectivity index (χ4v) is 9.38. The lowest BCUT2D eigenvalue weighted by molar-refractivity contribution is 0.674. The maximum Gasteiger partial charge on any atom is 0.144 e. The normalized spacial score (nSPS) is 11.5. The molecule has 2 nitrogen and oxygen atoms in total. The van der Waals surface area contributed by atoms with Gasteiger partial charge in [0, 0.05) is 53.6 Å². The quantitative estimate of drug-likeness (QED) is 0.162. The van der Waals surface area contributed by atoms with E-state index in [9.17, 15) is 0 Å². The van der Waals surface area contributed by atoms with Gasteiger partial charge in [-0.3, -0.25) is 0 Å². The molecule has 0 fully saturated rings. The Balaban J connectivity index is 0.962. The largest absolute Gasteiger partial charge is 0.455 e. The highest BCUT2D eigenvalue weighted by Crippen LogP contribution is 2.44. The monoisotopic (exact) mass is 745 g/mol. The summed E-state index contributed by atoms with van der Waals surface area (Å²) in [6.45, 7) is 0. The zero-order valence-corrected chi connectivity index (χ0v) is 31.8. The average molecular weight is 746 g/mol. The zero-order chi connectivity index (χ0) is 37.7. The Labute approximate surface area is 335 Å². The van der Waals surface area contributed by atoms with Crippen molar-refractivity contribution in [3.8, 4) is 44.5 Å². The first kappa shape index (κ1) is 33.2. The van der Waals surface area contributed by atoms with Gasteiger partial charge in [-0.15, -0.1) is 11.3 Å². The second-order valence-electron chi connectivity index (χ2n) is 14.5. The summed E-state index contributed by atoms with van der Waals surface area (Å²) in [6, 6.07) is 76.2. The Bertz CT molecular complexity index is 3110. The summed E-state index contributed by atoms with van der Waals surface area (Å²) in [5, 5.41) is 4.76. The molecule has 0 unspecified atom stereocenters. The molecule has 0 radical (unpaired) electrons. The maximum absolute atomic E-state index is 6.82. The summed E-state index contributed by atoms with van der Waals surface area (Å²) in [7, 11) is 0. The number of furan rings is 1. The van der Waals surface area contributed by atoms with Gasteiger partial charge in [-0.2, -0.15) is 0 Å². The number of thiophene rings is 1. The minimum absolute atomic E-state index is 0.928. The zero-order valence-electron chi connectivity index (χ0n) is 31.0. The molecular weight excluding hydrogens is 711 g/mol. The Kier molecular flexibility index (Phi) is 8.04. The van der Waals surface area contributed by atoms with Crippen LogP contribution in [0.1, 0.15) is 0 Å². The highest BCUT2D eigenvalue weighted by atomic mass is 32.1. The van der Waals surface area contributed by atoms with Crippen LogP contribution in [0.15, 0.2) is 217 Å². The average Bonchev–Trinajstić information content (AvgIpc) is 3.87. The van der Waals surface area contributed by atoms with Gasteiger partial charge in [-0.1, -0.05) is 158 Å². The van der Waals surface area contributed by atoms with Crippen LogP contribution < -0.4 is 4.90 Å². The molecule has 0 N–H and O–H groups in total. The lowest BCUT2D eigenvalue weighted by atomic mass is 9.98. The van der Waals surface area contributed by atoms with Crippen LogP contribution in [0.5, 0.6) is 0 Å². The van der Waals surface area contributed by atoms with Crippen LogP contribution in [-0.2, 0) is 0 Å². The first-order chi connectivity index (χ1) is 28.2. The predicted octanol–water partition coefficient (Wildman–Crippen LogP) is 16.1. The highest BCUT2D eigenvalue weighted by Gasteiger charge is 2.18. The van der Waals surface area contributed by atoms with E-state index in [0.717, 1.165) is 61.3 Å². The molecule has 57 heavy (non-hydrogen) atoms. The minimum atomic E-state index is 0.928. The van der Waals surface area contributed by atoms with Gasteiger partial charge in [-0.05, 0) is 93.5 Å². The van der Waals surface area contributed by atoms with Gasteiger partial charge in [0.05, 0.1) is 0 Å². The number of fused-ring (bicyclic) bond motifs is 7. The molecule has 2 aromatic heterocycles. The van der Waals surface area contributed by atoms with E-state index in [2.05, 4.69) is 217 Å². The number of rotatable bonds is 7. The minimum Gasteiger partial charge on any atom is -0.455 e. The molecule has 0 amide bonds. The summed E-state index contributed by atoms with van der Waals surface area (Å²) in [5.74, 6) is 0. The van der Waals surface area contributed by atoms with Crippen molar-refractivity contribution in [3.05, 3.63) is 212 Å². The standard InChI is InChI=1S/C54H35NOS/c1-3-11-36(12-4-1)38-25-29-43(30-26-38)55(44-31-27-39(28-32-44)37-13-5-2-6-14-37)45-16-9-15-42(35-45)40-21-23-41(24-22-40)46-18-10-19-47-48-33-34-51-52(54(48)56-53(46)47)49-17-7-8-20-50(49)57-51/h1-35H. The summed E-state index contributed by atoms with van der Waals surface area (Å²) in [4.78, 5) is 2.34. The summed E-state index contributed by atoms with van der Waals surface area (Å²) >= 11 is 1.82. The van der Waals surface area contributed by atoms with Gasteiger partial charge in [0.1, 0.15) is 11.2 Å². The topological polar surface area (TPSA) is 16.4 Å². The first-order valence-corrected chi connectivity index (χ1v) is 20.1. The summed E-state index contributed by atoms with van der Waals surface area (Å²) < 4.78 is 9.36. The molecule has 0 atom stereocenters. The molecule has 0 saturated heterocycles. The third kappa shape index (κ3) is 5.88. The Morgan fingerprint density at radius 3 is 1.51 bits per heavy atom. The Morgan fingerprint density at radius 2 is 0.825 bits per heavy atom. The van der Waals surface area contributed by atoms with Crippen molar-refractivity contribution in [1.82, 2.24) is 0 Å². The highest BCUT2D eigenvalue weighted by molar-refractivity contribution is 7.26. The number of benzene rings is 9. The fraction of sp³-hybridized carbons (Fsp3) is 0. The Hall–Kier alpha value is -7.20. The number of nitrogens with zero attached hydrogens (tertiary/aromatic N) is 1. The first-order valence-electron chi connectivity index (χ1n) is 19.3. The van der Waals surface area contributed by atoms with Crippen molar-refractivity contribution in [3.63, 3.8) is 0 Å². The van der Waals surface area contributed by atoms with Crippen LogP contribution >= 0.6 is 11.3 Å². The smallest absolute Gasteiger partial charge is 0.144 e. The van der Waals surface area contributed by atoms with E-state index in [0.29, 0.717) is 0 Å². The second kappa shape index (κ2) is 13.8. The molecule has 11 rings (SSSR count). The van der Waals surface area contributed by atoms with E-state index in [1.807, 2.05) is 11.3 Å². The molecule has 11 aromatic rings. The fourth-order valence-electron chi connectivity index (χ4n) is 8.27. The van der Waals surface area contributed by atoms with Crippen molar-refractivity contribution in [2.45, 2.75) is 0 Å². The van der Waals surface area contributed by atoms with Gasteiger partial charge in [0.2, 0.25) is 0 Å². The third-order valence-electron chi connectivity index (χ3n) is 11.1. The molecule has 0 aliphatic heterocycles.